The van der Waals surface area contributed by atoms with E-state index in [1.165, 1.54) is 12.1 Å². The number of halogens is 2. The van der Waals surface area contributed by atoms with Gasteiger partial charge in [0.1, 0.15) is 23.3 Å². The molecule has 0 aliphatic rings. The van der Waals surface area contributed by atoms with Crippen LogP contribution in [-0.4, -0.2) is 21.0 Å². The molecule has 0 spiro atoms. The van der Waals surface area contributed by atoms with Crippen molar-refractivity contribution in [2.24, 2.45) is 0 Å². The summed E-state index contributed by atoms with van der Waals surface area (Å²) in [5.74, 6) is -2.14. The van der Waals surface area contributed by atoms with E-state index in [4.69, 9.17) is 9.84 Å². The number of nitrogens with zero attached hydrogens (tertiary/aromatic N) is 2. The Bertz CT molecular complexity index is 738. The van der Waals surface area contributed by atoms with Crippen molar-refractivity contribution in [3.63, 3.8) is 0 Å². The largest absolute Gasteiger partial charge is 0.477 e. The number of nitro groups is 1. The van der Waals surface area contributed by atoms with E-state index >= 15 is 0 Å². The first-order valence-electron chi connectivity index (χ1n) is 5.39. The maximum absolute atomic E-state index is 13.1. The Morgan fingerprint density at radius 1 is 1.43 bits per heavy atom. The summed E-state index contributed by atoms with van der Waals surface area (Å²) in [6.07, 6.45) is 0.875. The molecule has 2 rings (SSSR count). The molecule has 0 saturated carbocycles. The Labute approximate surface area is 125 Å². The van der Waals surface area contributed by atoms with Crippen molar-refractivity contribution in [1.82, 2.24) is 4.98 Å². The summed E-state index contributed by atoms with van der Waals surface area (Å²) in [5, 5.41) is 19.6. The van der Waals surface area contributed by atoms with Gasteiger partial charge >= 0.3 is 5.97 Å². The molecule has 0 saturated heterocycles. The maximum atomic E-state index is 13.1. The van der Waals surface area contributed by atoms with Crippen LogP contribution < -0.4 is 4.74 Å². The number of benzene rings is 1. The van der Waals surface area contributed by atoms with Crippen LogP contribution in [0.5, 0.6) is 11.6 Å². The Morgan fingerprint density at radius 3 is 2.71 bits per heavy atom. The number of pyridine rings is 1. The third kappa shape index (κ3) is 3.31. The molecule has 0 unspecified atom stereocenters. The average Bonchev–Trinajstić information content (AvgIpc) is 2.43. The fourth-order valence-corrected chi connectivity index (χ4v) is 1.79. The normalized spacial score (nSPS) is 10.2. The zero-order valence-electron chi connectivity index (χ0n) is 10.1. The smallest absolute Gasteiger partial charge is 0.341 e. The summed E-state index contributed by atoms with van der Waals surface area (Å²) in [5.41, 5.74) is -0.940. The summed E-state index contributed by atoms with van der Waals surface area (Å²) in [6.45, 7) is 0. The Morgan fingerprint density at radius 2 is 2.14 bits per heavy atom. The van der Waals surface area contributed by atoms with Crippen LogP contribution in [-0.2, 0) is 0 Å². The van der Waals surface area contributed by atoms with Gasteiger partial charge in [0.05, 0.1) is 9.40 Å². The van der Waals surface area contributed by atoms with Crippen LogP contribution in [0.4, 0.5) is 10.1 Å². The van der Waals surface area contributed by atoms with Crippen molar-refractivity contribution in [2.75, 3.05) is 0 Å². The van der Waals surface area contributed by atoms with Crippen LogP contribution in [0.1, 0.15) is 10.4 Å². The third-order valence-corrected chi connectivity index (χ3v) is 2.99. The highest BCUT2D eigenvalue weighted by atomic mass is 79.9. The van der Waals surface area contributed by atoms with E-state index in [1.54, 1.807) is 0 Å². The minimum atomic E-state index is -1.43. The number of carboxylic acid groups (broad SMARTS) is 1. The predicted molar refractivity (Wildman–Crippen MR) is 72.0 cm³/mol. The lowest BCUT2D eigenvalue weighted by molar-refractivity contribution is -0.385. The number of hydrogen-bond donors (Lipinski definition) is 1. The zero-order chi connectivity index (χ0) is 15.6. The molecule has 1 N–H and O–H groups in total. The molecule has 0 atom stereocenters. The van der Waals surface area contributed by atoms with Crippen LogP contribution in [0.25, 0.3) is 0 Å². The molecule has 7 nitrogen and oxygen atoms in total. The molecule has 1 aromatic heterocycles. The molecule has 0 radical (unpaired) electrons. The van der Waals surface area contributed by atoms with Gasteiger partial charge in [-0.1, -0.05) is 0 Å². The summed E-state index contributed by atoms with van der Waals surface area (Å²) in [4.78, 5) is 24.6. The summed E-state index contributed by atoms with van der Waals surface area (Å²) in [7, 11) is 0. The number of carboxylic acids is 1. The van der Waals surface area contributed by atoms with Gasteiger partial charge < -0.3 is 9.84 Å². The molecular weight excluding hydrogens is 351 g/mol. The van der Waals surface area contributed by atoms with Crippen molar-refractivity contribution in [2.45, 2.75) is 0 Å². The van der Waals surface area contributed by atoms with Crippen molar-refractivity contribution in [3.8, 4) is 11.6 Å². The lowest BCUT2D eigenvalue weighted by Gasteiger charge is -2.07. The Kier molecular flexibility index (Phi) is 4.13. The van der Waals surface area contributed by atoms with Gasteiger partial charge in [-0.25, -0.2) is 14.2 Å². The molecule has 1 heterocycles. The second-order valence-electron chi connectivity index (χ2n) is 3.79. The van der Waals surface area contributed by atoms with Gasteiger partial charge in [0.15, 0.2) is 0 Å². The molecule has 0 aliphatic heterocycles. The molecular formula is C12H6BrFN2O5. The van der Waals surface area contributed by atoms with E-state index in [1.807, 2.05) is 0 Å². The highest BCUT2D eigenvalue weighted by Crippen LogP contribution is 2.28. The second-order valence-corrected chi connectivity index (χ2v) is 4.64. The fraction of sp³-hybridized carbons (Fsp3) is 0. The number of rotatable bonds is 4. The quantitative estimate of drug-likeness (QED) is 0.665. The van der Waals surface area contributed by atoms with Crippen LogP contribution in [0.15, 0.2) is 34.9 Å². The molecule has 0 bridgehead atoms. The van der Waals surface area contributed by atoms with Crippen LogP contribution in [0.3, 0.4) is 0 Å². The molecule has 2 aromatic rings. The van der Waals surface area contributed by atoms with Crippen LogP contribution in [0, 0.1) is 15.9 Å². The van der Waals surface area contributed by atoms with E-state index in [9.17, 15) is 19.3 Å². The van der Waals surface area contributed by atoms with Crippen molar-refractivity contribution in [3.05, 3.63) is 56.4 Å². The van der Waals surface area contributed by atoms with Crippen LogP contribution >= 0.6 is 15.9 Å². The SMILES string of the molecule is O=C(O)c1cc([N+](=O)[O-])cnc1Oc1ccc(F)c(Br)c1. The standard InChI is InChI=1S/C12H6BrFN2O5/c13-9-4-7(1-2-10(9)14)21-11-8(12(17)18)3-6(5-15-11)16(19)20/h1-5H,(H,17,18). The van der Waals surface area contributed by atoms with Crippen molar-refractivity contribution < 1.29 is 24.0 Å². The lowest BCUT2D eigenvalue weighted by atomic mass is 10.2. The molecule has 0 fully saturated rings. The van der Waals surface area contributed by atoms with Gasteiger partial charge in [-0.3, -0.25) is 10.1 Å². The zero-order valence-corrected chi connectivity index (χ0v) is 11.7. The molecule has 0 aliphatic carbocycles. The van der Waals surface area contributed by atoms with E-state index in [-0.39, 0.29) is 16.1 Å². The van der Waals surface area contributed by atoms with Gasteiger partial charge in [-0.05, 0) is 34.1 Å². The number of ether oxygens (including phenoxy) is 1. The third-order valence-electron chi connectivity index (χ3n) is 2.38. The second kappa shape index (κ2) is 5.83. The van der Waals surface area contributed by atoms with Gasteiger partial charge in [0.2, 0.25) is 5.88 Å². The topological polar surface area (TPSA) is 103 Å². The van der Waals surface area contributed by atoms with Crippen molar-refractivity contribution >= 4 is 27.6 Å². The number of hydrogen-bond acceptors (Lipinski definition) is 5. The van der Waals surface area contributed by atoms with Gasteiger partial charge in [0, 0.05) is 6.07 Å². The average molecular weight is 357 g/mol. The van der Waals surface area contributed by atoms with Crippen LogP contribution in [0.2, 0.25) is 0 Å². The van der Waals surface area contributed by atoms with E-state index in [0.29, 0.717) is 0 Å². The minimum absolute atomic E-state index is 0.124. The Balaban J connectivity index is 2.41. The monoisotopic (exact) mass is 356 g/mol. The minimum Gasteiger partial charge on any atom is -0.477 e. The maximum Gasteiger partial charge on any atom is 0.341 e. The fourth-order valence-electron chi connectivity index (χ4n) is 1.43. The Hall–Kier alpha value is -2.55. The number of aromatic carboxylic acids is 1. The molecule has 1 aromatic carbocycles. The first-order valence-corrected chi connectivity index (χ1v) is 6.18. The summed E-state index contributed by atoms with van der Waals surface area (Å²) in [6, 6.07) is 4.51. The summed E-state index contributed by atoms with van der Waals surface area (Å²) >= 11 is 2.96. The number of carbonyl (C=O) groups is 1. The van der Waals surface area contributed by atoms with Gasteiger partial charge in [-0.2, -0.15) is 0 Å². The predicted octanol–water partition coefficient (Wildman–Crippen LogP) is 3.38. The molecule has 0 amide bonds. The van der Waals surface area contributed by atoms with E-state index in [0.717, 1.165) is 18.3 Å². The van der Waals surface area contributed by atoms with Gasteiger partial charge in [0.25, 0.3) is 5.69 Å². The van der Waals surface area contributed by atoms with Crippen molar-refractivity contribution in [1.29, 1.82) is 0 Å². The highest BCUT2D eigenvalue weighted by molar-refractivity contribution is 9.10. The molecule has 21 heavy (non-hydrogen) atoms. The first-order chi connectivity index (χ1) is 9.88. The van der Waals surface area contributed by atoms with E-state index in [2.05, 4.69) is 20.9 Å². The molecule has 9 heteroatoms. The summed E-state index contributed by atoms with van der Waals surface area (Å²) < 4.78 is 18.5. The lowest BCUT2D eigenvalue weighted by Crippen LogP contribution is -2.03. The highest BCUT2D eigenvalue weighted by Gasteiger charge is 2.19. The van der Waals surface area contributed by atoms with Gasteiger partial charge in [-0.15, -0.1) is 0 Å². The first kappa shape index (κ1) is 14.9. The number of aromatic nitrogens is 1. The van der Waals surface area contributed by atoms with E-state index < -0.39 is 28.0 Å². The molecule has 108 valence electrons.